The smallest absolute Gasteiger partial charge is 0.435 e. The molecular weight excluding hydrogens is 456 g/mol. The lowest BCUT2D eigenvalue weighted by Crippen LogP contribution is -2.42. The van der Waals surface area contributed by atoms with Gasteiger partial charge in [-0.25, -0.2) is 9.67 Å². The Morgan fingerprint density at radius 1 is 1.23 bits per heavy atom. The van der Waals surface area contributed by atoms with E-state index in [-0.39, 0.29) is 22.4 Å². The largest absolute Gasteiger partial charge is 0.467 e. The summed E-state index contributed by atoms with van der Waals surface area (Å²) in [5.74, 6) is -0.843. The van der Waals surface area contributed by atoms with Gasteiger partial charge >= 0.3 is 6.18 Å². The number of fused-ring (bicyclic) bond motifs is 1. The molecule has 1 aliphatic rings. The lowest BCUT2D eigenvalue weighted by Gasteiger charge is -2.31. The van der Waals surface area contributed by atoms with Gasteiger partial charge in [0.1, 0.15) is 11.7 Å². The van der Waals surface area contributed by atoms with Gasteiger partial charge in [0.2, 0.25) is 5.91 Å². The van der Waals surface area contributed by atoms with E-state index in [1.54, 1.807) is 25.1 Å². The molecule has 0 saturated carbocycles. The molecule has 1 N–H and O–H groups in total. The fourth-order valence-electron chi connectivity index (χ4n) is 3.49. The second kappa shape index (κ2) is 8.05. The van der Waals surface area contributed by atoms with Gasteiger partial charge in [0.25, 0.3) is 0 Å². The Balaban J connectivity index is 1.77. The summed E-state index contributed by atoms with van der Waals surface area (Å²) < 4.78 is 46.2. The summed E-state index contributed by atoms with van der Waals surface area (Å²) in [6.07, 6.45) is -3.19. The molecule has 6 nitrogen and oxygen atoms in total. The molecule has 2 aromatic heterocycles. The van der Waals surface area contributed by atoms with Gasteiger partial charge in [-0.1, -0.05) is 29.3 Å². The number of rotatable bonds is 4. The molecule has 162 valence electrons. The minimum Gasteiger partial charge on any atom is -0.467 e. The van der Waals surface area contributed by atoms with Gasteiger partial charge in [0.05, 0.1) is 28.9 Å². The molecular formula is C20H15Cl2F3N4O2. The number of aromatic nitrogens is 2. The van der Waals surface area contributed by atoms with Gasteiger partial charge in [-0.15, -0.1) is 0 Å². The van der Waals surface area contributed by atoms with Crippen LogP contribution < -0.4 is 5.32 Å². The number of halogens is 5. The number of hydrogen-bond acceptors (Lipinski definition) is 4. The summed E-state index contributed by atoms with van der Waals surface area (Å²) in [5, 5.41) is 6.95. The highest BCUT2D eigenvalue weighted by Gasteiger charge is 2.42. The molecule has 3 heterocycles. The average Bonchev–Trinajstić information content (AvgIpc) is 3.36. The molecule has 0 spiro atoms. The number of carbonyl (C=O) groups is 1. The van der Waals surface area contributed by atoms with Crippen molar-refractivity contribution in [3.8, 4) is 0 Å². The third-order valence-electron chi connectivity index (χ3n) is 4.91. The molecule has 0 saturated heterocycles. The molecule has 0 radical (unpaired) electrons. The van der Waals surface area contributed by atoms with Crippen LogP contribution in [-0.2, 0) is 17.5 Å². The molecule has 0 fully saturated rings. The highest BCUT2D eigenvalue weighted by Crippen LogP contribution is 2.41. The number of hydrogen-bond donors (Lipinski definition) is 1. The first-order valence-corrected chi connectivity index (χ1v) is 9.87. The van der Waals surface area contributed by atoms with Crippen molar-refractivity contribution in [3.05, 3.63) is 69.7 Å². The van der Waals surface area contributed by atoms with Crippen molar-refractivity contribution in [2.45, 2.75) is 25.7 Å². The van der Waals surface area contributed by atoms with Crippen molar-refractivity contribution in [2.24, 2.45) is 10.9 Å². The van der Waals surface area contributed by atoms with Crippen molar-refractivity contribution >= 4 is 40.6 Å². The van der Waals surface area contributed by atoms with E-state index in [9.17, 15) is 18.0 Å². The van der Waals surface area contributed by atoms with Crippen LogP contribution in [0.5, 0.6) is 0 Å². The van der Waals surface area contributed by atoms with Crippen LogP contribution >= 0.6 is 23.2 Å². The van der Waals surface area contributed by atoms with Crippen LogP contribution in [-0.4, -0.2) is 21.4 Å². The Hall–Kier alpha value is -2.78. The molecule has 31 heavy (non-hydrogen) atoms. The second-order valence-corrected chi connectivity index (χ2v) is 7.79. The topological polar surface area (TPSA) is 72.4 Å². The summed E-state index contributed by atoms with van der Waals surface area (Å²) in [5.41, 5.74) is -0.283. The van der Waals surface area contributed by atoms with Crippen LogP contribution in [0.15, 0.2) is 52.1 Å². The van der Waals surface area contributed by atoms with Crippen molar-refractivity contribution in [2.75, 3.05) is 0 Å². The molecule has 3 aromatic rings. The molecule has 1 aliphatic heterocycles. The standard InChI is InChI=1S/C20H15Cl2F3N4O2/c1-10-17(19(30)26-9-12-3-2-6-31-12)18(11-4-5-13(21)14(22)7-11)29-16(27-10)8-15(28-29)20(23,24)25/h2-8,17-18H,9H2,1H3,(H,26,30). The molecule has 11 heteroatoms. The summed E-state index contributed by atoms with van der Waals surface area (Å²) in [6, 6.07) is 7.95. The normalized spacial score (nSPS) is 18.5. The van der Waals surface area contributed by atoms with E-state index in [2.05, 4.69) is 15.4 Å². The second-order valence-electron chi connectivity index (χ2n) is 6.98. The van der Waals surface area contributed by atoms with Crippen LogP contribution in [0.1, 0.15) is 30.0 Å². The van der Waals surface area contributed by atoms with Crippen molar-refractivity contribution in [3.63, 3.8) is 0 Å². The van der Waals surface area contributed by atoms with Gasteiger partial charge in [0, 0.05) is 11.8 Å². The van der Waals surface area contributed by atoms with Gasteiger partial charge in [-0.05, 0) is 36.8 Å². The highest BCUT2D eigenvalue weighted by molar-refractivity contribution is 6.42. The van der Waals surface area contributed by atoms with E-state index in [1.165, 1.54) is 18.4 Å². The van der Waals surface area contributed by atoms with Crippen LogP contribution in [0.3, 0.4) is 0 Å². The number of aliphatic imine (C=N–C) groups is 1. The Morgan fingerprint density at radius 3 is 2.65 bits per heavy atom. The summed E-state index contributed by atoms with van der Waals surface area (Å²) in [7, 11) is 0. The van der Waals surface area contributed by atoms with Crippen molar-refractivity contribution in [1.29, 1.82) is 0 Å². The summed E-state index contributed by atoms with van der Waals surface area (Å²) >= 11 is 12.1. The van der Waals surface area contributed by atoms with Crippen LogP contribution in [0.2, 0.25) is 10.0 Å². The monoisotopic (exact) mass is 470 g/mol. The first kappa shape index (κ1) is 21.5. The van der Waals surface area contributed by atoms with E-state index in [1.807, 2.05) is 0 Å². The van der Waals surface area contributed by atoms with Gasteiger partial charge in [-0.2, -0.15) is 18.3 Å². The molecule has 1 amide bonds. The Labute approximate surface area is 184 Å². The molecule has 0 aliphatic carbocycles. The summed E-state index contributed by atoms with van der Waals surface area (Å²) in [4.78, 5) is 17.3. The lowest BCUT2D eigenvalue weighted by molar-refractivity contribution is -0.141. The molecule has 2 atom stereocenters. The van der Waals surface area contributed by atoms with Crippen molar-refractivity contribution < 1.29 is 22.4 Å². The fraction of sp³-hybridized carbons (Fsp3) is 0.250. The van der Waals surface area contributed by atoms with Gasteiger partial charge < -0.3 is 9.73 Å². The van der Waals surface area contributed by atoms with Crippen LogP contribution in [0.25, 0.3) is 0 Å². The predicted molar refractivity (Wildman–Crippen MR) is 109 cm³/mol. The zero-order chi connectivity index (χ0) is 22.3. The molecule has 1 aromatic carbocycles. The van der Waals surface area contributed by atoms with E-state index in [4.69, 9.17) is 27.6 Å². The minimum absolute atomic E-state index is 0.00372. The number of nitrogens with one attached hydrogen (secondary N) is 1. The lowest BCUT2D eigenvalue weighted by atomic mass is 9.87. The SMILES string of the molecule is CC1=Nc2cc(C(F)(F)F)nn2C(c2ccc(Cl)c(Cl)c2)C1C(=O)NCc1ccco1. The number of furan rings is 1. The zero-order valence-electron chi connectivity index (χ0n) is 16.0. The first-order valence-electron chi connectivity index (χ1n) is 9.12. The maximum absolute atomic E-state index is 13.3. The highest BCUT2D eigenvalue weighted by atomic mass is 35.5. The number of benzene rings is 1. The van der Waals surface area contributed by atoms with Gasteiger partial charge in [-0.3, -0.25) is 4.79 Å². The van der Waals surface area contributed by atoms with Crippen LogP contribution in [0, 0.1) is 5.92 Å². The molecule has 0 bridgehead atoms. The Bertz CT molecular complexity index is 1160. The molecule has 2 unspecified atom stereocenters. The zero-order valence-corrected chi connectivity index (χ0v) is 17.5. The van der Waals surface area contributed by atoms with Crippen molar-refractivity contribution in [1.82, 2.24) is 15.1 Å². The number of carbonyl (C=O) groups excluding carboxylic acids is 1. The number of amides is 1. The van der Waals surface area contributed by atoms with E-state index in [0.717, 1.165) is 10.7 Å². The van der Waals surface area contributed by atoms with E-state index >= 15 is 0 Å². The third kappa shape index (κ3) is 4.20. The maximum Gasteiger partial charge on any atom is 0.435 e. The first-order chi connectivity index (χ1) is 14.6. The average molecular weight is 471 g/mol. The minimum atomic E-state index is -4.66. The Kier molecular flexibility index (Phi) is 5.57. The van der Waals surface area contributed by atoms with Crippen LogP contribution in [0.4, 0.5) is 19.0 Å². The Morgan fingerprint density at radius 2 is 2.00 bits per heavy atom. The molecule has 4 rings (SSSR count). The van der Waals surface area contributed by atoms with Gasteiger partial charge in [0.15, 0.2) is 11.5 Å². The third-order valence-corrected chi connectivity index (χ3v) is 5.65. The van der Waals surface area contributed by atoms with E-state index < -0.39 is 29.7 Å². The quantitative estimate of drug-likeness (QED) is 0.552. The fourth-order valence-corrected chi connectivity index (χ4v) is 3.80. The summed E-state index contributed by atoms with van der Waals surface area (Å²) in [6.45, 7) is 1.70. The number of alkyl halides is 3. The van der Waals surface area contributed by atoms with E-state index in [0.29, 0.717) is 17.0 Å². The number of nitrogens with zero attached hydrogens (tertiary/aromatic N) is 3. The maximum atomic E-state index is 13.3. The predicted octanol–water partition coefficient (Wildman–Crippen LogP) is 5.43.